The van der Waals surface area contributed by atoms with Gasteiger partial charge in [0.05, 0.1) is 11.1 Å². The number of hydrogen-bond donors (Lipinski definition) is 1. The van der Waals surface area contributed by atoms with E-state index in [9.17, 15) is 4.79 Å². The van der Waals surface area contributed by atoms with Crippen LogP contribution in [0.1, 0.15) is 15.9 Å². The van der Waals surface area contributed by atoms with Crippen LogP contribution in [0.25, 0.3) is 0 Å². The molecule has 0 aliphatic carbocycles. The zero-order valence-corrected chi connectivity index (χ0v) is 7.76. The standard InChI is InChI=1S/C9H7NO2S/c1-13-7-3-2-6(5-10)8(4-7)9(11)12/h2-4H,1H3,(H,11,12). The summed E-state index contributed by atoms with van der Waals surface area (Å²) in [5, 5.41) is 17.4. The van der Waals surface area contributed by atoms with E-state index in [4.69, 9.17) is 10.4 Å². The average Bonchev–Trinajstić information content (AvgIpc) is 2.16. The van der Waals surface area contributed by atoms with Crippen LogP contribution in [0.3, 0.4) is 0 Å². The molecular formula is C9H7NO2S. The Bertz CT molecular complexity index is 382. The molecule has 0 spiro atoms. The third-order valence-electron chi connectivity index (χ3n) is 1.58. The van der Waals surface area contributed by atoms with Gasteiger partial charge in [0, 0.05) is 4.90 Å². The Hall–Kier alpha value is -1.47. The minimum Gasteiger partial charge on any atom is -0.478 e. The number of benzene rings is 1. The Morgan fingerprint density at radius 3 is 2.77 bits per heavy atom. The summed E-state index contributed by atoms with van der Waals surface area (Å²) in [5.74, 6) is -1.06. The molecule has 0 bridgehead atoms. The molecule has 1 aromatic carbocycles. The molecule has 0 aromatic heterocycles. The number of carboxylic acids is 1. The predicted octanol–water partition coefficient (Wildman–Crippen LogP) is 1.98. The van der Waals surface area contributed by atoms with Gasteiger partial charge in [0.25, 0.3) is 0 Å². The third-order valence-corrected chi connectivity index (χ3v) is 2.30. The third kappa shape index (κ3) is 2.01. The molecule has 4 heteroatoms. The van der Waals surface area contributed by atoms with Gasteiger partial charge in [0.2, 0.25) is 0 Å². The number of hydrogen-bond acceptors (Lipinski definition) is 3. The van der Waals surface area contributed by atoms with Crippen LogP contribution < -0.4 is 0 Å². The van der Waals surface area contributed by atoms with Crippen LogP contribution in [0, 0.1) is 11.3 Å². The first-order chi connectivity index (χ1) is 6.19. The van der Waals surface area contributed by atoms with Crippen LogP contribution in [-0.4, -0.2) is 17.3 Å². The lowest BCUT2D eigenvalue weighted by atomic mass is 10.1. The van der Waals surface area contributed by atoms with Gasteiger partial charge in [-0.3, -0.25) is 0 Å². The van der Waals surface area contributed by atoms with E-state index < -0.39 is 5.97 Å². The van der Waals surface area contributed by atoms with Gasteiger partial charge >= 0.3 is 5.97 Å². The van der Waals surface area contributed by atoms with Crippen molar-refractivity contribution >= 4 is 17.7 Å². The summed E-state index contributed by atoms with van der Waals surface area (Å²) >= 11 is 1.45. The molecule has 3 nitrogen and oxygen atoms in total. The van der Waals surface area contributed by atoms with Crippen molar-refractivity contribution in [2.45, 2.75) is 4.90 Å². The fourth-order valence-corrected chi connectivity index (χ4v) is 1.36. The number of thioether (sulfide) groups is 1. The quantitative estimate of drug-likeness (QED) is 0.729. The second-order valence-corrected chi connectivity index (χ2v) is 3.21. The number of carboxylic acid groups (broad SMARTS) is 1. The van der Waals surface area contributed by atoms with Crippen molar-refractivity contribution in [3.05, 3.63) is 29.3 Å². The van der Waals surface area contributed by atoms with E-state index in [0.29, 0.717) is 0 Å². The maximum Gasteiger partial charge on any atom is 0.337 e. The van der Waals surface area contributed by atoms with Crippen LogP contribution in [0.15, 0.2) is 23.1 Å². The SMILES string of the molecule is CSc1ccc(C#N)c(C(=O)O)c1. The van der Waals surface area contributed by atoms with Crippen LogP contribution in [0.5, 0.6) is 0 Å². The summed E-state index contributed by atoms with van der Waals surface area (Å²) in [6.45, 7) is 0. The van der Waals surface area contributed by atoms with Crippen molar-refractivity contribution in [2.24, 2.45) is 0 Å². The zero-order valence-electron chi connectivity index (χ0n) is 6.94. The van der Waals surface area contributed by atoms with Crippen molar-refractivity contribution in [2.75, 3.05) is 6.26 Å². The molecule has 0 unspecified atom stereocenters. The van der Waals surface area contributed by atoms with Crippen molar-refractivity contribution in [1.82, 2.24) is 0 Å². The number of nitriles is 1. The summed E-state index contributed by atoms with van der Waals surface area (Å²) < 4.78 is 0. The molecule has 0 atom stereocenters. The zero-order chi connectivity index (χ0) is 9.84. The van der Waals surface area contributed by atoms with Gasteiger partial charge < -0.3 is 5.11 Å². The molecule has 0 heterocycles. The molecule has 0 saturated heterocycles. The molecule has 0 amide bonds. The normalized spacial score (nSPS) is 9.23. The molecule has 13 heavy (non-hydrogen) atoms. The molecule has 0 aliphatic rings. The smallest absolute Gasteiger partial charge is 0.337 e. The molecule has 1 N–H and O–H groups in total. The lowest BCUT2D eigenvalue weighted by Crippen LogP contribution is -1.99. The first kappa shape index (κ1) is 9.62. The highest BCUT2D eigenvalue weighted by atomic mass is 32.2. The van der Waals surface area contributed by atoms with Crippen LogP contribution in [-0.2, 0) is 0 Å². The Morgan fingerprint density at radius 1 is 1.62 bits per heavy atom. The molecule has 66 valence electrons. The first-order valence-electron chi connectivity index (χ1n) is 3.50. The van der Waals surface area contributed by atoms with Gasteiger partial charge in [0.15, 0.2) is 0 Å². The maximum atomic E-state index is 10.7. The molecule has 0 fully saturated rings. The lowest BCUT2D eigenvalue weighted by Gasteiger charge is -2.00. The minimum absolute atomic E-state index is 0.0642. The van der Waals surface area contributed by atoms with Gasteiger partial charge in [-0.25, -0.2) is 4.79 Å². The second kappa shape index (κ2) is 3.97. The maximum absolute atomic E-state index is 10.7. The van der Waals surface area contributed by atoms with E-state index in [0.717, 1.165) is 4.90 Å². The summed E-state index contributed by atoms with van der Waals surface area (Å²) in [6.07, 6.45) is 1.85. The van der Waals surface area contributed by atoms with Crippen molar-refractivity contribution < 1.29 is 9.90 Å². The fraction of sp³-hybridized carbons (Fsp3) is 0.111. The second-order valence-electron chi connectivity index (χ2n) is 2.33. The topological polar surface area (TPSA) is 61.1 Å². The van der Waals surface area contributed by atoms with E-state index >= 15 is 0 Å². The fourth-order valence-electron chi connectivity index (χ4n) is 0.925. The summed E-state index contributed by atoms with van der Waals surface area (Å²) in [7, 11) is 0. The number of carbonyl (C=O) groups is 1. The molecule has 1 aromatic rings. The van der Waals surface area contributed by atoms with Gasteiger partial charge in [-0.2, -0.15) is 5.26 Å². The molecular weight excluding hydrogens is 186 g/mol. The van der Waals surface area contributed by atoms with Crippen molar-refractivity contribution in [1.29, 1.82) is 5.26 Å². The number of rotatable bonds is 2. The van der Waals surface area contributed by atoms with E-state index in [1.54, 1.807) is 6.07 Å². The van der Waals surface area contributed by atoms with Crippen LogP contribution in [0.2, 0.25) is 0 Å². The summed E-state index contributed by atoms with van der Waals surface area (Å²) in [4.78, 5) is 11.5. The Morgan fingerprint density at radius 2 is 2.31 bits per heavy atom. The lowest BCUT2D eigenvalue weighted by molar-refractivity contribution is 0.0696. The molecule has 0 saturated carbocycles. The number of nitrogens with zero attached hydrogens (tertiary/aromatic N) is 1. The average molecular weight is 193 g/mol. The molecule has 0 radical (unpaired) electrons. The summed E-state index contributed by atoms with van der Waals surface area (Å²) in [5.41, 5.74) is 0.264. The van der Waals surface area contributed by atoms with Crippen molar-refractivity contribution in [3.8, 4) is 6.07 Å². The molecule has 0 aliphatic heterocycles. The van der Waals surface area contributed by atoms with E-state index in [1.165, 1.54) is 23.9 Å². The highest BCUT2D eigenvalue weighted by molar-refractivity contribution is 7.98. The van der Waals surface area contributed by atoms with Crippen LogP contribution >= 0.6 is 11.8 Å². The Balaban J connectivity index is 3.28. The molecule has 1 rings (SSSR count). The van der Waals surface area contributed by atoms with E-state index in [1.807, 2.05) is 12.3 Å². The van der Waals surface area contributed by atoms with Crippen LogP contribution in [0.4, 0.5) is 0 Å². The van der Waals surface area contributed by atoms with E-state index in [-0.39, 0.29) is 11.1 Å². The Labute approximate surface area is 80.0 Å². The van der Waals surface area contributed by atoms with Gasteiger partial charge in [0.1, 0.15) is 6.07 Å². The van der Waals surface area contributed by atoms with E-state index in [2.05, 4.69) is 0 Å². The monoisotopic (exact) mass is 193 g/mol. The highest BCUT2D eigenvalue weighted by Crippen LogP contribution is 2.18. The Kier molecular flexibility index (Phi) is 2.93. The first-order valence-corrected chi connectivity index (χ1v) is 4.73. The largest absolute Gasteiger partial charge is 0.478 e. The number of aromatic carboxylic acids is 1. The van der Waals surface area contributed by atoms with Crippen molar-refractivity contribution in [3.63, 3.8) is 0 Å². The van der Waals surface area contributed by atoms with Gasteiger partial charge in [-0.15, -0.1) is 11.8 Å². The highest BCUT2D eigenvalue weighted by Gasteiger charge is 2.09. The predicted molar refractivity (Wildman–Crippen MR) is 49.9 cm³/mol. The van der Waals surface area contributed by atoms with Gasteiger partial charge in [-0.05, 0) is 24.5 Å². The van der Waals surface area contributed by atoms with Gasteiger partial charge in [-0.1, -0.05) is 0 Å². The summed E-state index contributed by atoms with van der Waals surface area (Å²) in [6, 6.07) is 6.60. The minimum atomic E-state index is -1.06.